The molecule has 0 saturated heterocycles. The Kier molecular flexibility index (Phi) is 5.53. The van der Waals surface area contributed by atoms with Gasteiger partial charge in [0.1, 0.15) is 0 Å². The van der Waals surface area contributed by atoms with Gasteiger partial charge >= 0.3 is 0 Å². The van der Waals surface area contributed by atoms with E-state index in [1.54, 1.807) is 0 Å². The summed E-state index contributed by atoms with van der Waals surface area (Å²) in [6.07, 6.45) is 2.08. The first-order valence-electron chi connectivity index (χ1n) is 4.95. The minimum atomic E-state index is -0.127. The summed E-state index contributed by atoms with van der Waals surface area (Å²) in [5.74, 6) is 6.23. The van der Waals surface area contributed by atoms with Gasteiger partial charge in [0, 0.05) is 5.54 Å². The predicted octanol–water partition coefficient (Wildman–Crippen LogP) is 1.67. The van der Waals surface area contributed by atoms with Gasteiger partial charge in [-0.3, -0.25) is 0 Å². The SMILES string of the molecule is CC(C)CC(CON)CC(C)(C)N. The maximum absolute atomic E-state index is 5.95. The number of hydrogen-bond donors (Lipinski definition) is 2. The summed E-state index contributed by atoms with van der Waals surface area (Å²) in [7, 11) is 0. The molecule has 0 fully saturated rings. The van der Waals surface area contributed by atoms with E-state index < -0.39 is 0 Å². The van der Waals surface area contributed by atoms with Gasteiger partial charge in [0.05, 0.1) is 6.61 Å². The van der Waals surface area contributed by atoms with Crippen molar-refractivity contribution in [3.8, 4) is 0 Å². The van der Waals surface area contributed by atoms with E-state index in [0.717, 1.165) is 12.8 Å². The van der Waals surface area contributed by atoms with Crippen molar-refractivity contribution in [3.63, 3.8) is 0 Å². The van der Waals surface area contributed by atoms with E-state index in [0.29, 0.717) is 18.4 Å². The summed E-state index contributed by atoms with van der Waals surface area (Å²) >= 11 is 0. The molecule has 0 bridgehead atoms. The molecule has 0 saturated carbocycles. The lowest BCUT2D eigenvalue weighted by molar-refractivity contribution is 0.0819. The Bertz CT molecular complexity index is 129. The van der Waals surface area contributed by atoms with E-state index in [4.69, 9.17) is 16.5 Å². The van der Waals surface area contributed by atoms with Crippen molar-refractivity contribution in [1.29, 1.82) is 0 Å². The van der Waals surface area contributed by atoms with Gasteiger partial charge in [-0.15, -0.1) is 0 Å². The average molecular weight is 188 g/mol. The summed E-state index contributed by atoms with van der Waals surface area (Å²) in [6, 6.07) is 0. The molecule has 4 N–H and O–H groups in total. The van der Waals surface area contributed by atoms with Crippen molar-refractivity contribution in [3.05, 3.63) is 0 Å². The van der Waals surface area contributed by atoms with E-state index in [1.807, 2.05) is 13.8 Å². The lowest BCUT2D eigenvalue weighted by atomic mass is 9.86. The van der Waals surface area contributed by atoms with Crippen molar-refractivity contribution < 1.29 is 4.84 Å². The fourth-order valence-corrected chi connectivity index (χ4v) is 1.76. The van der Waals surface area contributed by atoms with Crippen LogP contribution in [0.1, 0.15) is 40.5 Å². The Balaban J connectivity index is 3.94. The van der Waals surface area contributed by atoms with Crippen LogP contribution in [0.3, 0.4) is 0 Å². The van der Waals surface area contributed by atoms with Crippen molar-refractivity contribution in [2.45, 2.75) is 46.1 Å². The van der Waals surface area contributed by atoms with Crippen molar-refractivity contribution in [2.75, 3.05) is 6.61 Å². The smallest absolute Gasteiger partial charge is 0.0708 e. The largest absolute Gasteiger partial charge is 0.326 e. The van der Waals surface area contributed by atoms with Gasteiger partial charge in [0.15, 0.2) is 0 Å². The molecule has 13 heavy (non-hydrogen) atoms. The van der Waals surface area contributed by atoms with Crippen LogP contribution in [0.2, 0.25) is 0 Å². The molecule has 0 aromatic carbocycles. The number of nitrogens with two attached hydrogens (primary N) is 2. The first-order chi connectivity index (χ1) is 5.85. The molecule has 3 heteroatoms. The Labute approximate surface area is 81.8 Å². The Morgan fingerprint density at radius 3 is 2.15 bits per heavy atom. The molecular formula is C10H24N2O. The molecule has 0 aliphatic heterocycles. The molecule has 0 aliphatic carbocycles. The second-order valence-corrected chi connectivity index (χ2v) is 5.02. The van der Waals surface area contributed by atoms with Crippen LogP contribution in [0.5, 0.6) is 0 Å². The van der Waals surface area contributed by atoms with E-state index in [1.165, 1.54) is 0 Å². The highest BCUT2D eigenvalue weighted by Crippen LogP contribution is 2.21. The van der Waals surface area contributed by atoms with Gasteiger partial charge in [0.25, 0.3) is 0 Å². The zero-order chi connectivity index (χ0) is 10.5. The summed E-state index contributed by atoms with van der Waals surface area (Å²) in [5.41, 5.74) is 5.82. The molecule has 1 atom stereocenters. The van der Waals surface area contributed by atoms with Crippen LogP contribution in [0.25, 0.3) is 0 Å². The van der Waals surface area contributed by atoms with Crippen LogP contribution in [0.4, 0.5) is 0 Å². The standard InChI is InChI=1S/C10H24N2O/c1-8(2)5-9(7-13-12)6-10(3,4)11/h8-9H,5-7,11-12H2,1-4H3. The molecule has 0 heterocycles. The fraction of sp³-hybridized carbons (Fsp3) is 1.00. The van der Waals surface area contributed by atoms with Gasteiger partial charge in [-0.2, -0.15) is 0 Å². The van der Waals surface area contributed by atoms with E-state index in [2.05, 4.69) is 13.8 Å². The third-order valence-corrected chi connectivity index (χ3v) is 1.95. The summed E-state index contributed by atoms with van der Waals surface area (Å²) < 4.78 is 0. The van der Waals surface area contributed by atoms with Crippen molar-refractivity contribution in [1.82, 2.24) is 0 Å². The highest BCUT2D eigenvalue weighted by Gasteiger charge is 2.19. The van der Waals surface area contributed by atoms with Crippen LogP contribution >= 0.6 is 0 Å². The lowest BCUT2D eigenvalue weighted by Gasteiger charge is -2.26. The zero-order valence-electron chi connectivity index (χ0n) is 9.34. The molecule has 0 radical (unpaired) electrons. The Morgan fingerprint density at radius 2 is 1.85 bits per heavy atom. The van der Waals surface area contributed by atoms with Crippen molar-refractivity contribution >= 4 is 0 Å². The zero-order valence-corrected chi connectivity index (χ0v) is 9.34. The Morgan fingerprint density at radius 1 is 1.31 bits per heavy atom. The van der Waals surface area contributed by atoms with Crippen LogP contribution < -0.4 is 11.6 Å². The number of hydrogen-bond acceptors (Lipinski definition) is 3. The van der Waals surface area contributed by atoms with Gasteiger partial charge < -0.3 is 10.6 Å². The molecule has 0 rings (SSSR count). The summed E-state index contributed by atoms with van der Waals surface area (Å²) in [5, 5.41) is 0. The normalized spacial score (nSPS) is 15.0. The van der Waals surface area contributed by atoms with Gasteiger partial charge in [0.2, 0.25) is 0 Å². The van der Waals surface area contributed by atoms with Gasteiger partial charge in [-0.25, -0.2) is 5.90 Å². The van der Waals surface area contributed by atoms with Crippen LogP contribution in [0.15, 0.2) is 0 Å². The molecule has 80 valence electrons. The molecule has 0 amide bonds. The summed E-state index contributed by atoms with van der Waals surface area (Å²) in [4.78, 5) is 4.70. The maximum atomic E-state index is 5.95. The quantitative estimate of drug-likeness (QED) is 0.623. The highest BCUT2D eigenvalue weighted by atomic mass is 16.6. The minimum absolute atomic E-state index is 0.127. The topological polar surface area (TPSA) is 61.3 Å². The monoisotopic (exact) mass is 188 g/mol. The van der Waals surface area contributed by atoms with E-state index >= 15 is 0 Å². The maximum Gasteiger partial charge on any atom is 0.0708 e. The predicted molar refractivity (Wildman–Crippen MR) is 56.0 cm³/mol. The lowest BCUT2D eigenvalue weighted by Crippen LogP contribution is -2.36. The number of rotatable bonds is 6. The average Bonchev–Trinajstić information content (AvgIpc) is 1.81. The molecule has 0 aromatic rings. The van der Waals surface area contributed by atoms with Crippen LogP contribution in [0, 0.1) is 11.8 Å². The molecule has 0 spiro atoms. The minimum Gasteiger partial charge on any atom is -0.326 e. The first kappa shape index (κ1) is 12.9. The molecule has 3 nitrogen and oxygen atoms in total. The fourth-order valence-electron chi connectivity index (χ4n) is 1.76. The molecule has 0 aliphatic rings. The Hall–Kier alpha value is -0.120. The molecule has 0 aromatic heterocycles. The van der Waals surface area contributed by atoms with E-state index in [9.17, 15) is 0 Å². The summed E-state index contributed by atoms with van der Waals surface area (Å²) in [6.45, 7) is 9.09. The second kappa shape index (κ2) is 5.58. The van der Waals surface area contributed by atoms with Crippen LogP contribution in [-0.4, -0.2) is 12.1 Å². The van der Waals surface area contributed by atoms with Gasteiger partial charge in [-0.1, -0.05) is 13.8 Å². The van der Waals surface area contributed by atoms with Crippen LogP contribution in [-0.2, 0) is 4.84 Å². The van der Waals surface area contributed by atoms with E-state index in [-0.39, 0.29) is 5.54 Å². The molecular weight excluding hydrogens is 164 g/mol. The van der Waals surface area contributed by atoms with Crippen molar-refractivity contribution in [2.24, 2.45) is 23.5 Å². The third kappa shape index (κ3) is 8.22. The van der Waals surface area contributed by atoms with Gasteiger partial charge in [-0.05, 0) is 38.5 Å². The second-order valence-electron chi connectivity index (χ2n) is 5.02. The highest BCUT2D eigenvalue weighted by molar-refractivity contribution is 4.77. The first-order valence-corrected chi connectivity index (χ1v) is 4.95. The molecule has 1 unspecified atom stereocenters. The third-order valence-electron chi connectivity index (χ3n) is 1.95.